The number of allylic oxidation sites excluding steroid dienone is 1. The Morgan fingerprint density at radius 1 is 0.935 bits per heavy atom. The highest BCUT2D eigenvalue weighted by Gasteiger charge is 2.47. The molecule has 1 atom stereocenters. The van der Waals surface area contributed by atoms with Gasteiger partial charge in [0.1, 0.15) is 28.6 Å². The molecule has 2 aliphatic rings. The number of pyridine rings is 2. The van der Waals surface area contributed by atoms with Crippen molar-refractivity contribution in [1.29, 1.82) is 0 Å². The number of aromatic nitrogens is 2. The minimum atomic E-state index is -0.587. The van der Waals surface area contributed by atoms with Crippen LogP contribution in [0, 0.1) is 5.41 Å². The van der Waals surface area contributed by atoms with Crippen molar-refractivity contribution in [3.63, 3.8) is 0 Å². The Morgan fingerprint density at radius 2 is 1.74 bits per heavy atom. The number of carbonyl (C=O) groups is 2. The van der Waals surface area contributed by atoms with Gasteiger partial charge in [0.15, 0.2) is 0 Å². The van der Waals surface area contributed by atoms with E-state index in [1.165, 1.54) is 38.3 Å². The first-order valence-electron chi connectivity index (χ1n) is 15.9. The second-order valence-corrected chi connectivity index (χ2v) is 12.1. The van der Waals surface area contributed by atoms with E-state index in [4.69, 9.17) is 9.47 Å². The summed E-state index contributed by atoms with van der Waals surface area (Å²) in [7, 11) is 1.65. The van der Waals surface area contributed by atoms with E-state index in [0.717, 1.165) is 29.6 Å². The molecule has 0 bridgehead atoms. The van der Waals surface area contributed by atoms with Crippen LogP contribution in [0.3, 0.4) is 0 Å². The minimum absolute atomic E-state index is 0.0489. The first kappa shape index (κ1) is 31.0. The predicted octanol–water partition coefficient (Wildman–Crippen LogP) is 6.18. The molecule has 1 unspecified atom stereocenters. The van der Waals surface area contributed by atoms with Crippen LogP contribution >= 0.6 is 0 Å². The lowest BCUT2D eigenvalue weighted by atomic mass is 10.1. The zero-order valence-corrected chi connectivity index (χ0v) is 26.3. The first-order chi connectivity index (χ1) is 22.4. The van der Waals surface area contributed by atoms with Gasteiger partial charge < -0.3 is 30.7 Å². The molecule has 0 saturated heterocycles. The number of anilines is 2. The van der Waals surface area contributed by atoms with E-state index in [1.807, 2.05) is 24.3 Å². The molecule has 46 heavy (non-hydrogen) atoms. The third-order valence-corrected chi connectivity index (χ3v) is 8.80. The molecular formula is C36H40N6O4. The molecule has 2 heterocycles. The van der Waals surface area contributed by atoms with E-state index in [0.29, 0.717) is 40.9 Å². The predicted molar refractivity (Wildman–Crippen MR) is 179 cm³/mol. The molecule has 2 amide bonds. The lowest BCUT2D eigenvalue weighted by Crippen LogP contribution is -2.29. The number of hydrogen-bond acceptors (Lipinski definition) is 8. The fourth-order valence-corrected chi connectivity index (χ4v) is 5.97. The highest BCUT2D eigenvalue weighted by Crippen LogP contribution is 2.57. The van der Waals surface area contributed by atoms with Gasteiger partial charge in [0.2, 0.25) is 0 Å². The Labute approximate surface area is 269 Å². The van der Waals surface area contributed by atoms with Gasteiger partial charge in [-0.15, -0.1) is 0 Å². The van der Waals surface area contributed by atoms with E-state index in [9.17, 15) is 9.59 Å². The van der Waals surface area contributed by atoms with E-state index in [2.05, 4.69) is 31.2 Å². The van der Waals surface area contributed by atoms with Crippen molar-refractivity contribution in [3.8, 4) is 17.2 Å². The third kappa shape index (κ3) is 7.63. The molecule has 6 rings (SSSR count). The number of ether oxygens (including phenoxy) is 2. The Bertz CT molecular complexity index is 1720. The summed E-state index contributed by atoms with van der Waals surface area (Å²) in [5, 5.41) is 12.9. The number of amides is 2. The summed E-state index contributed by atoms with van der Waals surface area (Å²) in [6.45, 7) is 3.28. The van der Waals surface area contributed by atoms with Gasteiger partial charge in [-0.1, -0.05) is 18.2 Å². The molecule has 4 N–H and O–H groups in total. The molecule has 2 aromatic heterocycles. The highest BCUT2D eigenvalue weighted by atomic mass is 16.5. The molecule has 2 aliphatic carbocycles. The van der Waals surface area contributed by atoms with Crippen molar-refractivity contribution in [2.75, 3.05) is 30.8 Å². The van der Waals surface area contributed by atoms with Crippen molar-refractivity contribution in [2.45, 2.75) is 51.5 Å². The van der Waals surface area contributed by atoms with Gasteiger partial charge in [-0.2, -0.15) is 0 Å². The second kappa shape index (κ2) is 14.0. The SMILES string of the molecule is CN/C(C)=C(\C(=O)Nc1ccccc1)C(=O)Nc1ccc(Oc2ccnc3cc(OCCCNC4CCC5(CC5)C4)ccc23)cn1. The zero-order valence-electron chi connectivity index (χ0n) is 26.3. The molecule has 10 heteroatoms. The average molecular weight is 621 g/mol. The second-order valence-electron chi connectivity index (χ2n) is 12.1. The number of hydrogen-bond donors (Lipinski definition) is 4. The summed E-state index contributed by atoms with van der Waals surface area (Å²) in [6.07, 6.45) is 11.1. The van der Waals surface area contributed by atoms with Crippen LogP contribution < -0.4 is 30.7 Å². The van der Waals surface area contributed by atoms with Crippen LogP contribution in [0.15, 0.2) is 90.4 Å². The van der Waals surface area contributed by atoms with Gasteiger partial charge in [0.25, 0.3) is 11.8 Å². The van der Waals surface area contributed by atoms with Gasteiger partial charge >= 0.3 is 0 Å². The van der Waals surface area contributed by atoms with Gasteiger partial charge in [0.05, 0.1) is 18.3 Å². The molecule has 4 aromatic rings. The van der Waals surface area contributed by atoms with Gasteiger partial charge in [0, 0.05) is 42.1 Å². The number of nitrogens with one attached hydrogen (secondary N) is 4. The molecule has 2 saturated carbocycles. The molecule has 1 spiro atoms. The number of carbonyl (C=O) groups excluding carboxylic acids is 2. The Morgan fingerprint density at radius 3 is 2.48 bits per heavy atom. The Kier molecular flexibility index (Phi) is 9.44. The number of fused-ring (bicyclic) bond motifs is 1. The maximum Gasteiger partial charge on any atom is 0.264 e. The normalized spacial score (nSPS) is 16.9. The van der Waals surface area contributed by atoms with Crippen LogP contribution in [0.25, 0.3) is 10.9 Å². The fraction of sp³-hybridized carbons (Fsp3) is 0.333. The quantitative estimate of drug-likeness (QED) is 0.0604. The van der Waals surface area contributed by atoms with Crippen molar-refractivity contribution in [2.24, 2.45) is 5.41 Å². The van der Waals surface area contributed by atoms with Crippen molar-refractivity contribution >= 4 is 34.2 Å². The van der Waals surface area contributed by atoms with Crippen molar-refractivity contribution in [1.82, 2.24) is 20.6 Å². The molecule has 0 radical (unpaired) electrons. The van der Waals surface area contributed by atoms with E-state index in [-0.39, 0.29) is 11.4 Å². The molecule has 10 nitrogen and oxygen atoms in total. The summed E-state index contributed by atoms with van der Waals surface area (Å²) in [5.41, 5.74) is 2.42. The lowest BCUT2D eigenvalue weighted by Gasteiger charge is -2.14. The van der Waals surface area contributed by atoms with Crippen LogP contribution in [-0.4, -0.2) is 48.0 Å². The Hall–Kier alpha value is -4.96. The Balaban J connectivity index is 1.02. The molecule has 238 valence electrons. The lowest BCUT2D eigenvalue weighted by molar-refractivity contribution is -0.118. The summed E-state index contributed by atoms with van der Waals surface area (Å²) in [6, 6.07) is 20.5. The molecule has 2 aromatic carbocycles. The zero-order chi connectivity index (χ0) is 31.9. The third-order valence-electron chi connectivity index (χ3n) is 8.80. The number of para-hydroxylation sites is 1. The average Bonchev–Trinajstić information content (AvgIpc) is 3.71. The number of benzene rings is 2. The first-order valence-corrected chi connectivity index (χ1v) is 15.9. The smallest absolute Gasteiger partial charge is 0.264 e. The van der Waals surface area contributed by atoms with Crippen molar-refractivity contribution in [3.05, 3.63) is 90.4 Å². The molecule has 0 aliphatic heterocycles. The van der Waals surface area contributed by atoms with Crippen LogP contribution in [0.2, 0.25) is 0 Å². The summed E-state index contributed by atoms with van der Waals surface area (Å²) in [5.74, 6) is 1.04. The topological polar surface area (TPSA) is 127 Å². The van der Waals surface area contributed by atoms with Crippen LogP contribution in [0.4, 0.5) is 11.5 Å². The maximum atomic E-state index is 13.1. The maximum absolute atomic E-state index is 13.1. The number of rotatable bonds is 13. The number of nitrogens with zero attached hydrogens (tertiary/aromatic N) is 2. The standard InChI is InChI=1S/C36H40N6O4/c1-24(37-2)33(34(43)41-25-7-4-3-5-8-25)35(44)42-32-12-10-28(23-40-32)46-31-14-19-39-30-21-27(9-11-29(30)31)45-20-6-18-38-26-13-15-36(22-26)16-17-36/h3-5,7-12,14,19,21,23,26,37-38H,6,13,15-18,20,22H2,1-2H3,(H,41,43)(H,40,42,44)/b33-24+. The van der Waals surface area contributed by atoms with E-state index >= 15 is 0 Å². The highest BCUT2D eigenvalue weighted by molar-refractivity contribution is 6.26. The van der Waals surface area contributed by atoms with E-state index in [1.54, 1.807) is 62.6 Å². The monoisotopic (exact) mass is 620 g/mol. The van der Waals surface area contributed by atoms with Gasteiger partial charge in [-0.3, -0.25) is 14.6 Å². The summed E-state index contributed by atoms with van der Waals surface area (Å²) in [4.78, 5) is 34.9. The summed E-state index contributed by atoms with van der Waals surface area (Å²) < 4.78 is 12.2. The largest absolute Gasteiger partial charge is 0.493 e. The molecular weight excluding hydrogens is 580 g/mol. The van der Waals surface area contributed by atoms with Crippen molar-refractivity contribution < 1.29 is 19.1 Å². The van der Waals surface area contributed by atoms with E-state index < -0.39 is 11.8 Å². The van der Waals surface area contributed by atoms with Crippen LogP contribution in [0.5, 0.6) is 17.2 Å². The van der Waals surface area contributed by atoms with Gasteiger partial charge in [-0.05, 0) is 99.9 Å². The minimum Gasteiger partial charge on any atom is -0.493 e. The van der Waals surface area contributed by atoms with Gasteiger partial charge in [-0.25, -0.2) is 4.98 Å². The van der Waals surface area contributed by atoms with Crippen LogP contribution in [0.1, 0.15) is 45.4 Å². The summed E-state index contributed by atoms with van der Waals surface area (Å²) >= 11 is 0. The fourth-order valence-electron chi connectivity index (χ4n) is 5.97. The molecule has 2 fully saturated rings. The van der Waals surface area contributed by atoms with Crippen LogP contribution in [-0.2, 0) is 9.59 Å².